The summed E-state index contributed by atoms with van der Waals surface area (Å²) in [6, 6.07) is 14.1. The van der Waals surface area contributed by atoms with Crippen LogP contribution < -0.4 is 4.74 Å². The molecule has 2 aromatic rings. The Morgan fingerprint density at radius 3 is 2.95 bits per heavy atom. The van der Waals surface area contributed by atoms with E-state index in [1.807, 2.05) is 24.3 Å². The van der Waals surface area contributed by atoms with Crippen molar-refractivity contribution < 1.29 is 9.47 Å². The summed E-state index contributed by atoms with van der Waals surface area (Å²) in [5, 5.41) is 0.786. The highest BCUT2D eigenvalue weighted by atomic mass is 79.9. The molecule has 1 saturated heterocycles. The molecule has 0 aromatic heterocycles. The largest absolute Gasteiger partial charge is 0.488 e. The van der Waals surface area contributed by atoms with Crippen molar-refractivity contribution in [1.82, 2.24) is 0 Å². The standard InChI is InChI=1S/C17H16BrClO2/c18-14-4-5-17(19)13(10-14)8-12-2-1-3-15(9-12)21-16-6-7-20-11-16/h1-5,9-10,16H,6-8,11H2/t16-/m0/s1. The first-order valence-electron chi connectivity index (χ1n) is 6.98. The molecule has 0 saturated carbocycles. The van der Waals surface area contributed by atoms with Crippen molar-refractivity contribution in [3.63, 3.8) is 0 Å². The predicted octanol–water partition coefficient (Wildman–Crippen LogP) is 4.86. The maximum Gasteiger partial charge on any atom is 0.124 e. The van der Waals surface area contributed by atoms with E-state index >= 15 is 0 Å². The molecule has 3 rings (SSSR count). The Bertz CT molecular complexity index is 624. The summed E-state index contributed by atoms with van der Waals surface area (Å²) in [6.07, 6.45) is 1.92. The van der Waals surface area contributed by atoms with E-state index < -0.39 is 0 Å². The maximum atomic E-state index is 6.25. The second-order valence-corrected chi connectivity index (χ2v) is 6.49. The summed E-state index contributed by atoms with van der Waals surface area (Å²) in [7, 11) is 0. The first-order chi connectivity index (χ1) is 10.2. The fraction of sp³-hybridized carbons (Fsp3) is 0.294. The summed E-state index contributed by atoms with van der Waals surface area (Å²) in [5.41, 5.74) is 2.29. The van der Waals surface area contributed by atoms with E-state index in [-0.39, 0.29) is 6.10 Å². The van der Waals surface area contributed by atoms with Crippen LogP contribution in [0.15, 0.2) is 46.9 Å². The van der Waals surface area contributed by atoms with E-state index in [0.29, 0.717) is 6.61 Å². The van der Waals surface area contributed by atoms with Crippen LogP contribution in [0.5, 0.6) is 5.75 Å². The zero-order chi connectivity index (χ0) is 14.7. The van der Waals surface area contributed by atoms with Crippen LogP contribution in [0.1, 0.15) is 17.5 Å². The van der Waals surface area contributed by atoms with Gasteiger partial charge in [0, 0.05) is 15.9 Å². The van der Waals surface area contributed by atoms with Gasteiger partial charge in [-0.3, -0.25) is 0 Å². The number of halogens is 2. The number of rotatable bonds is 4. The number of ether oxygens (including phenoxy) is 2. The van der Waals surface area contributed by atoms with Gasteiger partial charge in [0.1, 0.15) is 11.9 Å². The molecule has 21 heavy (non-hydrogen) atoms. The van der Waals surface area contributed by atoms with Gasteiger partial charge in [0.05, 0.1) is 13.2 Å². The molecular weight excluding hydrogens is 352 g/mol. The van der Waals surface area contributed by atoms with Crippen LogP contribution in [0.25, 0.3) is 0 Å². The molecule has 0 N–H and O–H groups in total. The minimum absolute atomic E-state index is 0.176. The van der Waals surface area contributed by atoms with Gasteiger partial charge in [-0.15, -0.1) is 0 Å². The van der Waals surface area contributed by atoms with Gasteiger partial charge in [-0.25, -0.2) is 0 Å². The van der Waals surface area contributed by atoms with Crippen molar-refractivity contribution in [1.29, 1.82) is 0 Å². The molecular formula is C17H16BrClO2. The molecule has 1 atom stereocenters. The van der Waals surface area contributed by atoms with Gasteiger partial charge in [-0.05, 0) is 47.9 Å². The Morgan fingerprint density at radius 2 is 2.14 bits per heavy atom. The molecule has 2 aromatic carbocycles. The van der Waals surface area contributed by atoms with Crippen LogP contribution in [-0.2, 0) is 11.2 Å². The Hall–Kier alpha value is -1.03. The molecule has 1 aliphatic rings. The summed E-state index contributed by atoms with van der Waals surface area (Å²) in [5.74, 6) is 0.897. The van der Waals surface area contributed by atoms with Crippen molar-refractivity contribution in [2.24, 2.45) is 0 Å². The second-order valence-electron chi connectivity index (χ2n) is 5.16. The molecule has 4 heteroatoms. The molecule has 0 radical (unpaired) electrons. The lowest BCUT2D eigenvalue weighted by Gasteiger charge is -2.13. The van der Waals surface area contributed by atoms with Crippen molar-refractivity contribution in [2.45, 2.75) is 18.9 Å². The van der Waals surface area contributed by atoms with Gasteiger partial charge >= 0.3 is 0 Å². The van der Waals surface area contributed by atoms with E-state index in [1.54, 1.807) is 0 Å². The first kappa shape index (κ1) is 14.9. The van der Waals surface area contributed by atoms with Gasteiger partial charge in [0.2, 0.25) is 0 Å². The monoisotopic (exact) mass is 366 g/mol. The highest BCUT2D eigenvalue weighted by Crippen LogP contribution is 2.25. The second kappa shape index (κ2) is 6.82. The van der Waals surface area contributed by atoms with Crippen LogP contribution in [0.3, 0.4) is 0 Å². The van der Waals surface area contributed by atoms with Crippen LogP contribution in [0.2, 0.25) is 5.02 Å². The van der Waals surface area contributed by atoms with Crippen LogP contribution in [0.4, 0.5) is 0 Å². The van der Waals surface area contributed by atoms with E-state index in [2.05, 4.69) is 34.1 Å². The third-order valence-electron chi connectivity index (χ3n) is 3.49. The maximum absolute atomic E-state index is 6.25. The Balaban J connectivity index is 1.74. The number of benzene rings is 2. The summed E-state index contributed by atoms with van der Waals surface area (Å²) in [4.78, 5) is 0. The van der Waals surface area contributed by atoms with E-state index in [4.69, 9.17) is 21.1 Å². The molecule has 0 spiro atoms. The number of hydrogen-bond donors (Lipinski definition) is 0. The Labute approximate surface area is 138 Å². The van der Waals surface area contributed by atoms with Crippen molar-refractivity contribution >= 4 is 27.5 Å². The van der Waals surface area contributed by atoms with Crippen molar-refractivity contribution in [2.75, 3.05) is 13.2 Å². The SMILES string of the molecule is Clc1ccc(Br)cc1Cc1cccc(O[C@H]2CCOC2)c1. The van der Waals surface area contributed by atoms with Crippen molar-refractivity contribution in [3.05, 3.63) is 63.1 Å². The summed E-state index contributed by atoms with van der Waals surface area (Å²) in [6.45, 7) is 1.47. The molecule has 1 heterocycles. The third kappa shape index (κ3) is 4.00. The van der Waals surface area contributed by atoms with E-state index in [0.717, 1.165) is 40.3 Å². The molecule has 110 valence electrons. The first-order valence-corrected chi connectivity index (χ1v) is 8.15. The molecule has 0 unspecified atom stereocenters. The minimum Gasteiger partial charge on any atom is -0.488 e. The zero-order valence-electron chi connectivity index (χ0n) is 11.5. The molecule has 2 nitrogen and oxygen atoms in total. The molecule has 1 fully saturated rings. The smallest absolute Gasteiger partial charge is 0.124 e. The van der Waals surface area contributed by atoms with E-state index in [1.165, 1.54) is 5.56 Å². The average Bonchev–Trinajstić information content (AvgIpc) is 2.96. The molecule has 0 bridgehead atoms. The quantitative estimate of drug-likeness (QED) is 0.768. The Morgan fingerprint density at radius 1 is 1.24 bits per heavy atom. The van der Waals surface area contributed by atoms with Gasteiger partial charge in [0.15, 0.2) is 0 Å². The predicted molar refractivity (Wildman–Crippen MR) is 88.3 cm³/mol. The third-order valence-corrected chi connectivity index (χ3v) is 4.35. The lowest BCUT2D eigenvalue weighted by molar-refractivity contribution is 0.141. The fourth-order valence-corrected chi connectivity index (χ4v) is 3.02. The highest BCUT2D eigenvalue weighted by molar-refractivity contribution is 9.10. The topological polar surface area (TPSA) is 18.5 Å². The summed E-state index contributed by atoms with van der Waals surface area (Å²) < 4.78 is 12.3. The van der Waals surface area contributed by atoms with Crippen molar-refractivity contribution in [3.8, 4) is 5.75 Å². The van der Waals surface area contributed by atoms with Crippen LogP contribution in [0, 0.1) is 0 Å². The van der Waals surface area contributed by atoms with Crippen LogP contribution >= 0.6 is 27.5 Å². The van der Waals surface area contributed by atoms with Gasteiger partial charge in [-0.2, -0.15) is 0 Å². The average molecular weight is 368 g/mol. The lowest BCUT2D eigenvalue weighted by atomic mass is 10.0. The molecule has 0 amide bonds. The van der Waals surface area contributed by atoms with Gasteiger partial charge in [0.25, 0.3) is 0 Å². The summed E-state index contributed by atoms with van der Waals surface area (Å²) >= 11 is 9.74. The molecule has 1 aliphatic heterocycles. The zero-order valence-corrected chi connectivity index (χ0v) is 13.9. The van der Waals surface area contributed by atoms with Crippen LogP contribution in [-0.4, -0.2) is 19.3 Å². The fourth-order valence-electron chi connectivity index (χ4n) is 2.43. The van der Waals surface area contributed by atoms with E-state index in [9.17, 15) is 0 Å². The minimum atomic E-state index is 0.176. The Kier molecular flexibility index (Phi) is 4.84. The lowest BCUT2D eigenvalue weighted by Crippen LogP contribution is -2.15. The van der Waals surface area contributed by atoms with Gasteiger partial charge < -0.3 is 9.47 Å². The number of hydrogen-bond acceptors (Lipinski definition) is 2. The van der Waals surface area contributed by atoms with Gasteiger partial charge in [-0.1, -0.05) is 39.7 Å². The highest BCUT2D eigenvalue weighted by Gasteiger charge is 2.17. The normalized spacial score (nSPS) is 17.9. The molecule has 0 aliphatic carbocycles.